The molecule has 1 amide bonds. The zero-order chi connectivity index (χ0) is 20.5. The van der Waals surface area contributed by atoms with E-state index in [9.17, 15) is 24.5 Å². The van der Waals surface area contributed by atoms with Crippen LogP contribution in [-0.2, 0) is 0 Å². The normalized spacial score (nSPS) is 10.8. The van der Waals surface area contributed by atoms with Crippen molar-refractivity contribution in [1.82, 2.24) is 15.0 Å². The Kier molecular flexibility index (Phi) is 4.36. The number of halogens is 1. The highest BCUT2D eigenvalue weighted by Crippen LogP contribution is 2.35. The Bertz CT molecular complexity index is 1220. The molecule has 0 fully saturated rings. The number of nitrogens with one attached hydrogen (secondary N) is 3. The zero-order valence-corrected chi connectivity index (χ0v) is 14.6. The van der Waals surface area contributed by atoms with Crippen LogP contribution in [0.15, 0.2) is 48.8 Å². The van der Waals surface area contributed by atoms with E-state index < -0.39 is 34.8 Å². The number of H-pyrrole nitrogens is 1. The second-order valence-corrected chi connectivity index (χ2v) is 6.08. The average molecular weight is 395 g/mol. The summed E-state index contributed by atoms with van der Waals surface area (Å²) in [5.74, 6) is -4.24. The minimum atomic E-state index is -0.879. The van der Waals surface area contributed by atoms with Gasteiger partial charge in [0.25, 0.3) is 5.91 Å². The molecule has 9 nitrogen and oxygen atoms in total. The largest absolute Gasteiger partial charge is 0.504 e. The van der Waals surface area contributed by atoms with Crippen LogP contribution in [0.4, 0.5) is 21.8 Å². The highest BCUT2D eigenvalue weighted by atomic mass is 19.1. The second-order valence-electron chi connectivity index (χ2n) is 6.08. The van der Waals surface area contributed by atoms with Crippen molar-refractivity contribution in [2.75, 3.05) is 10.6 Å². The quantitative estimate of drug-likeness (QED) is 0.291. The van der Waals surface area contributed by atoms with Gasteiger partial charge < -0.3 is 30.9 Å². The Hall–Kier alpha value is -4.34. The molecule has 0 unspecified atom stereocenters. The first-order valence-corrected chi connectivity index (χ1v) is 8.34. The van der Waals surface area contributed by atoms with Crippen LogP contribution in [0.5, 0.6) is 17.2 Å². The molecule has 0 aliphatic carbocycles. The van der Waals surface area contributed by atoms with Crippen molar-refractivity contribution < 1.29 is 24.5 Å². The molecule has 0 saturated carbocycles. The summed E-state index contributed by atoms with van der Waals surface area (Å²) in [4.78, 5) is 23.2. The van der Waals surface area contributed by atoms with E-state index in [0.29, 0.717) is 5.69 Å². The van der Waals surface area contributed by atoms with Gasteiger partial charge in [-0.05, 0) is 30.3 Å². The number of nitrogens with zero attached hydrogens (tertiary/aromatic N) is 2. The van der Waals surface area contributed by atoms with Crippen LogP contribution in [0, 0.1) is 5.82 Å². The third-order valence-electron chi connectivity index (χ3n) is 4.15. The summed E-state index contributed by atoms with van der Waals surface area (Å²) in [5, 5.41) is 34.5. The predicted molar refractivity (Wildman–Crippen MR) is 103 cm³/mol. The topological polar surface area (TPSA) is 143 Å². The first kappa shape index (κ1) is 18.0. The Labute approximate surface area is 162 Å². The van der Waals surface area contributed by atoms with Crippen molar-refractivity contribution in [2.45, 2.75) is 0 Å². The van der Waals surface area contributed by atoms with Crippen LogP contribution >= 0.6 is 0 Å². The van der Waals surface area contributed by atoms with Crippen LogP contribution in [0.25, 0.3) is 10.9 Å². The van der Waals surface area contributed by atoms with Gasteiger partial charge in [0.1, 0.15) is 0 Å². The lowest BCUT2D eigenvalue weighted by atomic mass is 10.1. The molecule has 4 rings (SSSR count). The number of hydrogen-bond donors (Lipinski definition) is 6. The number of carbonyl (C=O) groups is 1. The molecule has 0 aliphatic heterocycles. The molecular weight excluding hydrogens is 381 g/mol. The number of hydrogen-bond acceptors (Lipinski definition) is 7. The fourth-order valence-electron chi connectivity index (χ4n) is 2.74. The van der Waals surface area contributed by atoms with Crippen molar-refractivity contribution >= 4 is 34.3 Å². The standard InChI is InChI=1S/C19H14FN5O4/c20-11-8-22-19(23-13-3-1-2-12-10(13)4-5-21-12)25-17(11)24-18(29)9-6-14(26)16(28)15(27)7-9/h1-8,21,26-28H,(H2,22,23,24,25,29). The molecule has 0 aliphatic rings. The van der Waals surface area contributed by atoms with E-state index in [1.807, 2.05) is 18.2 Å². The molecule has 29 heavy (non-hydrogen) atoms. The third-order valence-corrected chi connectivity index (χ3v) is 4.15. The van der Waals surface area contributed by atoms with Crippen LogP contribution in [0.2, 0.25) is 0 Å². The van der Waals surface area contributed by atoms with Gasteiger partial charge in [-0.2, -0.15) is 4.98 Å². The maximum absolute atomic E-state index is 14.1. The van der Waals surface area contributed by atoms with Gasteiger partial charge in [-0.25, -0.2) is 9.37 Å². The van der Waals surface area contributed by atoms with Gasteiger partial charge in [0, 0.05) is 22.7 Å². The fraction of sp³-hybridized carbons (Fsp3) is 0. The average Bonchev–Trinajstić information content (AvgIpc) is 3.18. The highest BCUT2D eigenvalue weighted by Gasteiger charge is 2.17. The van der Waals surface area contributed by atoms with E-state index in [0.717, 1.165) is 29.2 Å². The lowest BCUT2D eigenvalue weighted by Gasteiger charge is -2.10. The van der Waals surface area contributed by atoms with E-state index in [1.54, 1.807) is 12.3 Å². The van der Waals surface area contributed by atoms with Crippen molar-refractivity contribution in [2.24, 2.45) is 0 Å². The van der Waals surface area contributed by atoms with Crippen molar-refractivity contribution in [3.05, 3.63) is 60.2 Å². The number of benzene rings is 2. The summed E-state index contributed by atoms with van der Waals surface area (Å²) in [6.07, 6.45) is 2.67. The maximum Gasteiger partial charge on any atom is 0.257 e. The van der Waals surface area contributed by atoms with Gasteiger partial charge in [0.05, 0.1) is 11.9 Å². The number of aromatic hydroxyl groups is 3. The van der Waals surface area contributed by atoms with Gasteiger partial charge >= 0.3 is 0 Å². The van der Waals surface area contributed by atoms with Crippen molar-refractivity contribution in [3.8, 4) is 17.2 Å². The molecule has 0 spiro atoms. The number of carbonyl (C=O) groups excluding carboxylic acids is 1. The van der Waals surface area contributed by atoms with Crippen LogP contribution in [-0.4, -0.2) is 36.2 Å². The van der Waals surface area contributed by atoms with Gasteiger partial charge in [0.15, 0.2) is 28.9 Å². The van der Waals surface area contributed by atoms with Crippen molar-refractivity contribution in [1.29, 1.82) is 0 Å². The molecule has 0 saturated heterocycles. The summed E-state index contributed by atoms with van der Waals surface area (Å²) in [5.41, 5.74) is 1.36. The van der Waals surface area contributed by atoms with E-state index in [1.165, 1.54) is 0 Å². The fourth-order valence-corrected chi connectivity index (χ4v) is 2.74. The van der Waals surface area contributed by atoms with Crippen LogP contribution in [0.1, 0.15) is 10.4 Å². The minimum absolute atomic E-state index is 0.0480. The Balaban J connectivity index is 1.60. The third kappa shape index (κ3) is 3.46. The number of rotatable bonds is 4. The number of anilines is 3. The van der Waals surface area contributed by atoms with Crippen LogP contribution in [0.3, 0.4) is 0 Å². The number of amides is 1. The Morgan fingerprint density at radius 2 is 1.86 bits per heavy atom. The number of phenols is 3. The summed E-state index contributed by atoms with van der Waals surface area (Å²) < 4.78 is 14.1. The highest BCUT2D eigenvalue weighted by molar-refractivity contribution is 6.04. The van der Waals surface area contributed by atoms with Gasteiger partial charge in [-0.3, -0.25) is 4.79 Å². The summed E-state index contributed by atoms with van der Waals surface area (Å²) in [7, 11) is 0. The van der Waals surface area contributed by atoms with Gasteiger partial charge in [0.2, 0.25) is 5.95 Å². The Morgan fingerprint density at radius 3 is 2.62 bits per heavy atom. The van der Waals surface area contributed by atoms with E-state index in [4.69, 9.17) is 0 Å². The van der Waals surface area contributed by atoms with Crippen molar-refractivity contribution in [3.63, 3.8) is 0 Å². The van der Waals surface area contributed by atoms with E-state index >= 15 is 0 Å². The summed E-state index contributed by atoms with van der Waals surface area (Å²) >= 11 is 0. The summed E-state index contributed by atoms with van der Waals surface area (Å²) in [6.45, 7) is 0. The summed E-state index contributed by atoms with van der Waals surface area (Å²) in [6, 6.07) is 9.21. The Morgan fingerprint density at radius 1 is 1.10 bits per heavy atom. The molecule has 10 heteroatoms. The number of aromatic nitrogens is 3. The molecule has 2 heterocycles. The van der Waals surface area contributed by atoms with Gasteiger partial charge in [-0.15, -0.1) is 0 Å². The molecule has 4 aromatic rings. The molecule has 6 N–H and O–H groups in total. The minimum Gasteiger partial charge on any atom is -0.504 e. The SMILES string of the molecule is O=C(Nc1nc(Nc2cccc3[nH]ccc23)ncc1F)c1cc(O)c(O)c(O)c1. The molecule has 2 aromatic heterocycles. The predicted octanol–water partition coefficient (Wildman–Crippen LogP) is 3.21. The first-order valence-electron chi connectivity index (χ1n) is 8.34. The lowest BCUT2D eigenvalue weighted by Crippen LogP contribution is -2.15. The molecule has 0 radical (unpaired) electrons. The lowest BCUT2D eigenvalue weighted by molar-refractivity contribution is 0.102. The number of fused-ring (bicyclic) bond motifs is 1. The molecule has 0 atom stereocenters. The smallest absolute Gasteiger partial charge is 0.257 e. The molecule has 0 bridgehead atoms. The molecule has 146 valence electrons. The number of phenolic OH excluding ortho intramolecular Hbond substituents is 3. The maximum atomic E-state index is 14.1. The monoisotopic (exact) mass is 395 g/mol. The molecular formula is C19H14FN5O4. The molecule has 2 aromatic carbocycles. The van der Waals surface area contributed by atoms with E-state index in [-0.39, 0.29) is 11.5 Å². The van der Waals surface area contributed by atoms with Gasteiger partial charge in [-0.1, -0.05) is 6.07 Å². The van der Waals surface area contributed by atoms with Crippen LogP contribution < -0.4 is 10.6 Å². The zero-order valence-electron chi connectivity index (χ0n) is 14.6. The van der Waals surface area contributed by atoms with E-state index in [2.05, 4.69) is 25.6 Å². The number of aromatic amines is 1. The first-order chi connectivity index (χ1) is 13.9. The second kappa shape index (κ2) is 7.00.